The van der Waals surface area contributed by atoms with Crippen LogP contribution >= 0.6 is 11.8 Å². The van der Waals surface area contributed by atoms with Crippen LogP contribution in [0.15, 0.2) is 47.4 Å². The number of carbonyl (C=O) groups excluding carboxylic acids is 2. The second-order valence-corrected chi connectivity index (χ2v) is 6.03. The molecule has 2 aromatic carbocycles. The lowest BCUT2D eigenvalue weighted by Gasteiger charge is -2.11. The molecule has 0 bridgehead atoms. The number of hydrogen-bond acceptors (Lipinski definition) is 6. The molecule has 1 amide bonds. The fourth-order valence-corrected chi connectivity index (χ4v) is 2.60. The number of rotatable bonds is 7. The van der Waals surface area contributed by atoms with E-state index < -0.39 is 25.1 Å². The summed E-state index contributed by atoms with van der Waals surface area (Å²) < 4.78 is 33.9. The average molecular weight is 392 g/mol. The van der Waals surface area contributed by atoms with Crippen LogP contribution in [0.3, 0.4) is 0 Å². The molecule has 2 aromatic rings. The molecular weight excluding hydrogens is 378 g/mol. The summed E-state index contributed by atoms with van der Waals surface area (Å²) in [4.78, 5) is 24.7. The Hall–Kier alpha value is -3.12. The van der Waals surface area contributed by atoms with Crippen molar-refractivity contribution in [1.29, 1.82) is 5.26 Å². The lowest BCUT2D eigenvalue weighted by Crippen LogP contribution is -2.21. The Morgan fingerprint density at radius 2 is 2.00 bits per heavy atom. The highest BCUT2D eigenvalue weighted by Gasteiger charge is 2.18. The topological polar surface area (TPSA) is 88.4 Å². The molecule has 0 heterocycles. The van der Waals surface area contributed by atoms with E-state index in [9.17, 15) is 18.4 Å². The Bertz CT molecular complexity index is 884. The van der Waals surface area contributed by atoms with Crippen LogP contribution in [0.1, 0.15) is 15.9 Å². The predicted molar refractivity (Wildman–Crippen MR) is 94.6 cm³/mol. The minimum absolute atomic E-state index is 0.209. The first-order valence-electron chi connectivity index (χ1n) is 7.58. The molecule has 0 saturated carbocycles. The summed E-state index contributed by atoms with van der Waals surface area (Å²) in [6, 6.07) is 10.4. The summed E-state index contributed by atoms with van der Waals surface area (Å²) >= 11 is 0.993. The zero-order chi connectivity index (χ0) is 19.8. The molecule has 0 aliphatic heterocycles. The Kier molecular flexibility index (Phi) is 7.14. The number of nitriles is 1. The first-order valence-corrected chi connectivity index (χ1v) is 8.39. The monoisotopic (exact) mass is 392 g/mol. The number of alkyl halides is 2. The molecule has 140 valence electrons. The third-order valence-electron chi connectivity index (χ3n) is 3.29. The number of thiocyanates is 1. The Labute approximate surface area is 158 Å². The van der Waals surface area contributed by atoms with Gasteiger partial charge in [0.25, 0.3) is 5.91 Å². The number of para-hydroxylation sites is 1. The summed E-state index contributed by atoms with van der Waals surface area (Å²) in [5.41, 5.74) is 1.02. The van der Waals surface area contributed by atoms with Crippen molar-refractivity contribution in [2.24, 2.45) is 0 Å². The third kappa shape index (κ3) is 5.97. The first-order chi connectivity index (χ1) is 12.9. The summed E-state index contributed by atoms with van der Waals surface area (Å²) in [7, 11) is 0. The highest BCUT2D eigenvalue weighted by molar-refractivity contribution is 8.03. The van der Waals surface area contributed by atoms with Crippen molar-refractivity contribution in [3.63, 3.8) is 0 Å². The molecular formula is C18H14F2N2O4S. The molecule has 0 radical (unpaired) electrons. The van der Waals surface area contributed by atoms with Crippen LogP contribution in [0.5, 0.6) is 5.75 Å². The van der Waals surface area contributed by atoms with Gasteiger partial charge in [0.05, 0.1) is 0 Å². The smallest absolute Gasteiger partial charge is 0.387 e. The number of nitrogens with one attached hydrogen (secondary N) is 1. The van der Waals surface area contributed by atoms with Gasteiger partial charge in [0.1, 0.15) is 16.7 Å². The normalized spacial score (nSPS) is 10.2. The maximum atomic E-state index is 12.4. The number of thioether (sulfide) groups is 1. The molecule has 9 heteroatoms. The quantitative estimate of drug-likeness (QED) is 0.436. The number of aryl methyl sites for hydroxylation is 1. The first kappa shape index (κ1) is 20.2. The van der Waals surface area contributed by atoms with E-state index in [2.05, 4.69) is 10.1 Å². The number of amides is 1. The number of hydrogen-bond donors (Lipinski definition) is 1. The molecule has 1 N–H and O–H groups in total. The van der Waals surface area contributed by atoms with E-state index in [4.69, 9.17) is 10.00 Å². The summed E-state index contributed by atoms with van der Waals surface area (Å²) in [5, 5.41) is 13.2. The van der Waals surface area contributed by atoms with Gasteiger partial charge in [-0.3, -0.25) is 4.79 Å². The molecule has 27 heavy (non-hydrogen) atoms. The van der Waals surface area contributed by atoms with E-state index in [1.807, 2.05) is 5.40 Å². The molecule has 0 saturated heterocycles. The second-order valence-electron chi connectivity index (χ2n) is 5.17. The minimum atomic E-state index is -3.09. The van der Waals surface area contributed by atoms with Crippen molar-refractivity contribution in [1.82, 2.24) is 0 Å². The van der Waals surface area contributed by atoms with Crippen LogP contribution < -0.4 is 10.1 Å². The lowest BCUT2D eigenvalue weighted by molar-refractivity contribution is -0.119. The van der Waals surface area contributed by atoms with Gasteiger partial charge < -0.3 is 14.8 Å². The van der Waals surface area contributed by atoms with Gasteiger partial charge >= 0.3 is 12.6 Å². The van der Waals surface area contributed by atoms with E-state index in [1.54, 1.807) is 25.1 Å². The molecule has 0 unspecified atom stereocenters. The fourth-order valence-electron chi connectivity index (χ4n) is 2.12. The van der Waals surface area contributed by atoms with Gasteiger partial charge in [-0.25, -0.2) is 4.79 Å². The zero-order valence-electron chi connectivity index (χ0n) is 14.1. The summed E-state index contributed by atoms with van der Waals surface area (Å²) in [5.74, 6) is -1.89. The third-order valence-corrected chi connectivity index (χ3v) is 3.87. The van der Waals surface area contributed by atoms with Crippen molar-refractivity contribution < 1.29 is 27.8 Å². The zero-order valence-corrected chi connectivity index (χ0v) is 14.9. The summed E-state index contributed by atoms with van der Waals surface area (Å²) in [6.45, 7) is -1.94. The van der Waals surface area contributed by atoms with E-state index >= 15 is 0 Å². The van der Waals surface area contributed by atoms with Crippen LogP contribution in [0.4, 0.5) is 14.5 Å². The van der Waals surface area contributed by atoms with Crippen molar-refractivity contribution >= 4 is 29.3 Å². The molecule has 6 nitrogen and oxygen atoms in total. The highest BCUT2D eigenvalue weighted by Crippen LogP contribution is 2.24. The minimum Gasteiger partial charge on any atom is -0.452 e. The molecule has 0 fully saturated rings. The van der Waals surface area contributed by atoms with Gasteiger partial charge in [0.2, 0.25) is 0 Å². The van der Waals surface area contributed by atoms with Gasteiger partial charge in [0.15, 0.2) is 6.61 Å². The van der Waals surface area contributed by atoms with E-state index in [-0.39, 0.29) is 11.3 Å². The van der Waals surface area contributed by atoms with Crippen molar-refractivity contribution in [3.8, 4) is 11.2 Å². The lowest BCUT2D eigenvalue weighted by atomic mass is 10.2. The maximum Gasteiger partial charge on any atom is 0.387 e. The van der Waals surface area contributed by atoms with Gasteiger partial charge in [-0.1, -0.05) is 12.1 Å². The van der Waals surface area contributed by atoms with Crippen LogP contribution in [0.25, 0.3) is 0 Å². The van der Waals surface area contributed by atoms with E-state index in [0.29, 0.717) is 5.69 Å². The van der Waals surface area contributed by atoms with Gasteiger partial charge in [-0.15, -0.1) is 0 Å². The Morgan fingerprint density at radius 1 is 1.26 bits per heavy atom. The number of ether oxygens (including phenoxy) is 2. The van der Waals surface area contributed by atoms with Crippen molar-refractivity contribution in [3.05, 3.63) is 53.6 Å². The molecule has 0 aliphatic carbocycles. The van der Waals surface area contributed by atoms with Crippen molar-refractivity contribution in [2.75, 3.05) is 11.9 Å². The molecule has 0 aliphatic rings. The second kappa shape index (κ2) is 9.54. The van der Waals surface area contributed by atoms with E-state index in [1.165, 1.54) is 24.3 Å². The molecule has 0 atom stereocenters. The Balaban J connectivity index is 1.96. The largest absolute Gasteiger partial charge is 0.452 e. The number of benzene rings is 2. The maximum absolute atomic E-state index is 12.4. The van der Waals surface area contributed by atoms with Crippen LogP contribution in [-0.4, -0.2) is 25.1 Å². The number of carbonyl (C=O) groups is 2. The Morgan fingerprint density at radius 3 is 2.67 bits per heavy atom. The highest BCUT2D eigenvalue weighted by atomic mass is 32.2. The molecule has 2 rings (SSSR count). The summed E-state index contributed by atoms with van der Waals surface area (Å²) in [6.07, 6.45) is 0. The van der Waals surface area contributed by atoms with Crippen LogP contribution in [0.2, 0.25) is 0 Å². The molecule has 0 aromatic heterocycles. The predicted octanol–water partition coefficient (Wildman–Crippen LogP) is 3.97. The van der Waals surface area contributed by atoms with Gasteiger partial charge in [0, 0.05) is 10.6 Å². The van der Waals surface area contributed by atoms with Gasteiger partial charge in [-0.2, -0.15) is 14.0 Å². The SMILES string of the molecule is Cc1cc(SC#N)ccc1NC(=O)COC(=O)c1ccccc1OC(F)F. The standard InChI is InChI=1S/C18H14F2N2O4S/c1-11-8-12(27-10-21)6-7-14(11)22-16(23)9-25-17(24)13-4-2-3-5-15(13)26-18(19)20/h2-8,18H,9H2,1H3,(H,22,23). The fraction of sp³-hybridized carbons (Fsp3) is 0.167. The number of esters is 1. The molecule has 0 spiro atoms. The number of nitrogens with zero attached hydrogens (tertiary/aromatic N) is 1. The van der Waals surface area contributed by atoms with Crippen molar-refractivity contribution in [2.45, 2.75) is 18.4 Å². The van der Waals surface area contributed by atoms with Crippen LogP contribution in [-0.2, 0) is 9.53 Å². The van der Waals surface area contributed by atoms with Crippen LogP contribution in [0, 0.1) is 17.6 Å². The van der Waals surface area contributed by atoms with E-state index in [0.717, 1.165) is 22.2 Å². The van der Waals surface area contributed by atoms with Gasteiger partial charge in [-0.05, 0) is 54.6 Å². The average Bonchev–Trinajstić information content (AvgIpc) is 2.62. The number of anilines is 1. The number of halogens is 2.